The maximum atomic E-state index is 13.1. The van der Waals surface area contributed by atoms with Gasteiger partial charge in [-0.3, -0.25) is 8.98 Å². The Bertz CT molecular complexity index is 392. The molecule has 0 aliphatic carbocycles. The predicted molar refractivity (Wildman–Crippen MR) is 54.2 cm³/mol. The third-order valence-electron chi connectivity index (χ3n) is 2.15. The van der Waals surface area contributed by atoms with Crippen LogP contribution in [0.25, 0.3) is 0 Å². The molecule has 106 valence electrons. The zero-order valence-electron chi connectivity index (χ0n) is 9.52. The highest BCUT2D eigenvalue weighted by atomic mass is 32.2. The summed E-state index contributed by atoms with van der Waals surface area (Å²) in [6.45, 7) is 0.595. The van der Waals surface area contributed by atoms with E-state index >= 15 is 0 Å². The van der Waals surface area contributed by atoms with E-state index < -0.39 is 27.6 Å². The van der Waals surface area contributed by atoms with Crippen LogP contribution < -0.4 is 5.32 Å². The highest BCUT2D eigenvalue weighted by molar-refractivity contribution is 7.88. The first kappa shape index (κ1) is 15.2. The summed E-state index contributed by atoms with van der Waals surface area (Å²) in [6, 6.07) is 0. The van der Waals surface area contributed by atoms with Crippen molar-refractivity contribution in [1.82, 2.24) is 5.32 Å². The summed E-state index contributed by atoms with van der Waals surface area (Å²) < 4.78 is 61.4. The number of ether oxygens (including phenoxy) is 2. The quantitative estimate of drug-likeness (QED) is 0.659. The van der Waals surface area contributed by atoms with Gasteiger partial charge in [-0.2, -0.15) is 17.2 Å². The van der Waals surface area contributed by atoms with E-state index in [9.17, 15) is 22.0 Å². The van der Waals surface area contributed by atoms with Gasteiger partial charge in [0.05, 0.1) is 20.3 Å². The number of carbonyl (C=O) groups excluding carboxylic acids is 1. The average Bonchev–Trinajstić information content (AvgIpc) is 2.81. The summed E-state index contributed by atoms with van der Waals surface area (Å²) in [6.07, 6.45) is -0.424. The smallest absolute Gasteiger partial charge is 0.350 e. The van der Waals surface area contributed by atoms with Crippen molar-refractivity contribution in [3.63, 3.8) is 0 Å². The van der Waals surface area contributed by atoms with Gasteiger partial charge in [0.2, 0.25) is 0 Å². The van der Waals surface area contributed by atoms with Gasteiger partial charge >= 0.3 is 21.3 Å². The molecule has 0 aromatic carbocycles. The topological polar surface area (TPSA) is 90.9 Å². The molecule has 1 saturated heterocycles. The Hall–Kier alpha value is -0.840. The molecule has 0 aromatic heterocycles. The Kier molecular flexibility index (Phi) is 4.96. The molecule has 0 unspecified atom stereocenters. The van der Waals surface area contributed by atoms with E-state index in [1.807, 2.05) is 0 Å². The molecule has 1 heterocycles. The van der Waals surface area contributed by atoms with E-state index in [-0.39, 0.29) is 13.0 Å². The van der Waals surface area contributed by atoms with Gasteiger partial charge in [0.25, 0.3) is 0 Å². The molecule has 1 N–H and O–H groups in total. The Morgan fingerprint density at radius 1 is 1.44 bits per heavy atom. The monoisotopic (exact) mass is 289 g/mol. The van der Waals surface area contributed by atoms with Crippen LogP contribution in [0.4, 0.5) is 8.78 Å². The molecule has 1 rings (SSSR count). The fourth-order valence-corrected chi connectivity index (χ4v) is 1.71. The molecule has 1 aliphatic heterocycles. The van der Waals surface area contributed by atoms with Gasteiger partial charge < -0.3 is 14.8 Å². The zero-order valence-corrected chi connectivity index (χ0v) is 10.3. The van der Waals surface area contributed by atoms with Crippen LogP contribution in [0, 0.1) is 0 Å². The Morgan fingerprint density at radius 2 is 2.00 bits per heavy atom. The van der Waals surface area contributed by atoms with E-state index in [4.69, 9.17) is 9.47 Å². The summed E-state index contributed by atoms with van der Waals surface area (Å²) in [5, 5.41) is -2.84. The summed E-state index contributed by atoms with van der Waals surface area (Å²) in [7, 11) is -4.70. The molecule has 10 heteroatoms. The van der Waals surface area contributed by atoms with E-state index in [1.54, 1.807) is 5.32 Å². The fourth-order valence-electron chi connectivity index (χ4n) is 1.20. The lowest BCUT2D eigenvalue weighted by Crippen LogP contribution is -2.46. The number of carbonyl (C=O) groups is 1. The van der Waals surface area contributed by atoms with Crippen molar-refractivity contribution in [3.05, 3.63) is 0 Å². The van der Waals surface area contributed by atoms with E-state index in [2.05, 4.69) is 4.18 Å². The minimum Gasteiger partial charge on any atom is -0.350 e. The van der Waals surface area contributed by atoms with Crippen molar-refractivity contribution < 1.29 is 35.6 Å². The predicted octanol–water partition coefficient (Wildman–Crippen LogP) is -0.565. The highest BCUT2D eigenvalue weighted by Gasteiger charge is 2.53. The first-order valence-electron chi connectivity index (χ1n) is 5.01. The molecule has 0 saturated carbocycles. The van der Waals surface area contributed by atoms with Crippen molar-refractivity contribution in [2.75, 3.05) is 26.9 Å². The first-order valence-corrected chi connectivity index (χ1v) is 6.41. The van der Waals surface area contributed by atoms with Gasteiger partial charge in [0, 0.05) is 13.0 Å². The standard InChI is InChI=1S/C8H13F2NO6S/c1-15-18(13,14)8(9,10)7(12)11-3-2-6-16-4-5-17-6/h6H,2-5H2,1H3,(H,11,12). The zero-order chi connectivity index (χ0) is 13.8. The van der Waals surface area contributed by atoms with E-state index in [1.165, 1.54) is 0 Å². The molecule has 18 heavy (non-hydrogen) atoms. The molecule has 0 atom stereocenters. The number of nitrogens with one attached hydrogen (secondary N) is 1. The SMILES string of the molecule is COS(=O)(=O)C(F)(F)C(=O)NCCC1OCCO1. The van der Waals surface area contributed by atoms with Crippen LogP contribution in [0.1, 0.15) is 6.42 Å². The van der Waals surface area contributed by atoms with Gasteiger partial charge in [0.15, 0.2) is 6.29 Å². The summed E-state index contributed by atoms with van der Waals surface area (Å²) in [5.74, 6) is -1.94. The number of hydrogen-bond donors (Lipinski definition) is 1. The largest absolute Gasteiger partial charge is 0.446 e. The van der Waals surface area contributed by atoms with Crippen molar-refractivity contribution >= 4 is 16.0 Å². The average molecular weight is 289 g/mol. The molecule has 1 fully saturated rings. The van der Waals surface area contributed by atoms with Gasteiger partial charge in [-0.25, -0.2) is 0 Å². The van der Waals surface area contributed by atoms with Crippen molar-refractivity contribution in [1.29, 1.82) is 0 Å². The second kappa shape index (κ2) is 5.87. The maximum absolute atomic E-state index is 13.1. The highest BCUT2D eigenvalue weighted by Crippen LogP contribution is 2.23. The van der Waals surface area contributed by atoms with Crippen molar-refractivity contribution in [2.24, 2.45) is 0 Å². The summed E-state index contributed by atoms with van der Waals surface area (Å²) >= 11 is 0. The lowest BCUT2D eigenvalue weighted by Gasteiger charge is -2.15. The first-order chi connectivity index (χ1) is 8.31. The van der Waals surface area contributed by atoms with Gasteiger partial charge in [0.1, 0.15) is 0 Å². The fraction of sp³-hybridized carbons (Fsp3) is 0.875. The van der Waals surface area contributed by atoms with Gasteiger partial charge in [-0.1, -0.05) is 0 Å². The lowest BCUT2D eigenvalue weighted by atomic mass is 10.4. The van der Waals surface area contributed by atoms with E-state index in [0.29, 0.717) is 20.3 Å². The number of rotatable bonds is 6. The third kappa shape index (κ3) is 3.34. The van der Waals surface area contributed by atoms with Gasteiger partial charge in [-0.05, 0) is 0 Å². The number of halogens is 2. The van der Waals surface area contributed by atoms with Gasteiger partial charge in [-0.15, -0.1) is 0 Å². The molecule has 0 spiro atoms. The van der Waals surface area contributed by atoms with Crippen LogP contribution in [-0.2, 0) is 28.6 Å². The Labute approximate surface area is 103 Å². The Morgan fingerprint density at radius 3 is 2.50 bits per heavy atom. The minimum absolute atomic E-state index is 0.148. The summed E-state index contributed by atoms with van der Waals surface area (Å²) in [5.41, 5.74) is 0. The molecule has 0 radical (unpaired) electrons. The van der Waals surface area contributed by atoms with Crippen molar-refractivity contribution in [2.45, 2.75) is 18.0 Å². The van der Waals surface area contributed by atoms with Crippen LogP contribution in [0.5, 0.6) is 0 Å². The van der Waals surface area contributed by atoms with Crippen LogP contribution in [0.2, 0.25) is 0 Å². The number of hydrogen-bond acceptors (Lipinski definition) is 6. The van der Waals surface area contributed by atoms with Crippen molar-refractivity contribution in [3.8, 4) is 0 Å². The van der Waals surface area contributed by atoms with Crippen LogP contribution in [-0.4, -0.2) is 52.7 Å². The molecule has 7 nitrogen and oxygen atoms in total. The molecular formula is C8H13F2NO6S. The molecular weight excluding hydrogens is 276 g/mol. The molecule has 1 aliphatic rings. The van der Waals surface area contributed by atoms with Crippen LogP contribution in [0.15, 0.2) is 0 Å². The maximum Gasteiger partial charge on any atom is 0.446 e. The molecule has 0 bridgehead atoms. The minimum atomic E-state index is -5.25. The van der Waals surface area contributed by atoms with E-state index in [0.717, 1.165) is 0 Å². The third-order valence-corrected chi connectivity index (χ3v) is 3.41. The normalized spacial score (nSPS) is 17.9. The number of alkyl halides is 2. The second-order valence-corrected chi connectivity index (χ2v) is 5.11. The van der Waals surface area contributed by atoms with Crippen LogP contribution >= 0.6 is 0 Å². The molecule has 1 amide bonds. The lowest BCUT2D eigenvalue weighted by molar-refractivity contribution is -0.136. The molecule has 0 aromatic rings. The summed E-state index contributed by atoms with van der Waals surface area (Å²) in [4.78, 5) is 11.0. The Balaban J connectivity index is 2.44. The second-order valence-electron chi connectivity index (χ2n) is 3.35. The van der Waals surface area contributed by atoms with Crippen LogP contribution in [0.3, 0.4) is 0 Å². The number of amides is 1.